The molecule has 0 fully saturated rings. The third kappa shape index (κ3) is 5.27. The van der Waals surface area contributed by atoms with Crippen molar-refractivity contribution >= 4 is 93.5 Å². The molecule has 290 valence electrons. The number of hydrogen-bond donors (Lipinski definition) is 0. The van der Waals surface area contributed by atoms with Crippen LogP contribution in [0, 0.1) is 0 Å². The second kappa shape index (κ2) is 13.6. The molecule has 4 heteroatoms. The van der Waals surface area contributed by atoms with Crippen molar-refractivity contribution in [3.05, 3.63) is 218 Å². The van der Waals surface area contributed by atoms with Crippen LogP contribution in [0.15, 0.2) is 227 Å². The monoisotopic (exact) mass is 792 g/mol. The fourth-order valence-electron chi connectivity index (χ4n) is 9.74. The summed E-state index contributed by atoms with van der Waals surface area (Å²) in [5.41, 5.74) is 14.4. The molecule has 0 N–H and O–H groups in total. The molecule has 0 atom stereocenters. The van der Waals surface area contributed by atoms with Gasteiger partial charge in [-0.1, -0.05) is 133 Å². The Bertz CT molecular complexity index is 3870. The molecule has 4 nitrogen and oxygen atoms in total. The Labute approximate surface area is 356 Å². The number of rotatable bonds is 6. The molecule has 0 saturated heterocycles. The van der Waals surface area contributed by atoms with Gasteiger partial charge in [0.05, 0.1) is 27.8 Å². The second-order valence-corrected chi connectivity index (χ2v) is 16.0. The summed E-state index contributed by atoms with van der Waals surface area (Å²) < 4.78 is 15.7. The summed E-state index contributed by atoms with van der Waals surface area (Å²) in [6.45, 7) is 0. The van der Waals surface area contributed by atoms with E-state index in [2.05, 4.69) is 210 Å². The largest absolute Gasteiger partial charge is 0.456 e. The highest BCUT2D eigenvalue weighted by Gasteiger charge is 2.26. The maximum absolute atomic E-state index is 6.94. The van der Waals surface area contributed by atoms with Crippen LogP contribution >= 0.6 is 0 Å². The summed E-state index contributed by atoms with van der Waals surface area (Å²) in [5.74, 6) is 0. The minimum absolute atomic E-state index is 0.829. The Hall–Kier alpha value is -8.34. The molecular weight excluding hydrogens is 757 g/mol. The molecule has 0 unspecified atom stereocenters. The number of fused-ring (bicyclic) bond motifs is 10. The summed E-state index contributed by atoms with van der Waals surface area (Å²) in [7, 11) is 0. The molecule has 0 bridgehead atoms. The summed E-state index contributed by atoms with van der Waals surface area (Å²) in [6, 6.07) is 78.0. The van der Waals surface area contributed by atoms with Gasteiger partial charge in [0, 0.05) is 43.9 Å². The van der Waals surface area contributed by atoms with Gasteiger partial charge in [0.25, 0.3) is 0 Å². The van der Waals surface area contributed by atoms with Crippen LogP contribution in [0.25, 0.3) is 104 Å². The Kier molecular flexibility index (Phi) is 7.57. The lowest BCUT2D eigenvalue weighted by Crippen LogP contribution is -2.11. The Morgan fingerprint density at radius 1 is 0.355 bits per heavy atom. The van der Waals surface area contributed by atoms with Crippen molar-refractivity contribution in [3.63, 3.8) is 0 Å². The number of benzene rings is 10. The van der Waals surface area contributed by atoms with Gasteiger partial charge < -0.3 is 18.3 Å². The van der Waals surface area contributed by atoms with Crippen molar-refractivity contribution < 1.29 is 8.83 Å². The lowest BCUT2D eigenvalue weighted by Gasteiger charge is -2.28. The van der Waals surface area contributed by atoms with Crippen molar-refractivity contribution in [2.24, 2.45) is 0 Å². The van der Waals surface area contributed by atoms with Crippen LogP contribution in [0.4, 0.5) is 17.1 Å². The van der Waals surface area contributed by atoms with E-state index in [0.29, 0.717) is 0 Å². The first kappa shape index (κ1) is 34.5. The maximum Gasteiger partial charge on any atom is 0.145 e. The number of anilines is 3. The fraction of sp³-hybridized carbons (Fsp3) is 0. The van der Waals surface area contributed by atoms with E-state index in [0.717, 1.165) is 94.4 Å². The van der Waals surface area contributed by atoms with Crippen LogP contribution < -0.4 is 4.90 Å². The number of hydrogen-bond acceptors (Lipinski definition) is 3. The average molecular weight is 793 g/mol. The Balaban J connectivity index is 1.08. The van der Waals surface area contributed by atoms with Crippen LogP contribution in [-0.4, -0.2) is 4.57 Å². The lowest BCUT2D eigenvalue weighted by atomic mass is 9.98. The average Bonchev–Trinajstić information content (AvgIpc) is 4.02. The van der Waals surface area contributed by atoms with Gasteiger partial charge in [-0.25, -0.2) is 0 Å². The van der Waals surface area contributed by atoms with Crippen LogP contribution in [-0.2, 0) is 0 Å². The van der Waals surface area contributed by atoms with Crippen LogP contribution in [0.3, 0.4) is 0 Å². The molecule has 0 aliphatic rings. The summed E-state index contributed by atoms with van der Waals surface area (Å²) in [5, 5.41) is 9.14. The van der Waals surface area contributed by atoms with Crippen molar-refractivity contribution in [1.82, 2.24) is 4.57 Å². The SMILES string of the molecule is c1ccc(-n2c3ccccc3c3c(N(c4ccc(-c5ccc6ccccc6c5)cc4)c4ccc(-c5ccc6c(c5)oc5ccccc56)c5oc6ccccc6c45)cccc32)cc1. The smallest absolute Gasteiger partial charge is 0.145 e. The molecule has 13 aromatic rings. The summed E-state index contributed by atoms with van der Waals surface area (Å²) in [6.07, 6.45) is 0. The topological polar surface area (TPSA) is 34.5 Å². The molecule has 10 aromatic carbocycles. The molecule has 0 aliphatic carbocycles. The molecule has 3 heterocycles. The van der Waals surface area contributed by atoms with Gasteiger partial charge in [0.1, 0.15) is 22.3 Å². The van der Waals surface area contributed by atoms with Crippen molar-refractivity contribution in [3.8, 4) is 27.9 Å². The van der Waals surface area contributed by atoms with Gasteiger partial charge in [-0.3, -0.25) is 0 Å². The van der Waals surface area contributed by atoms with E-state index < -0.39 is 0 Å². The van der Waals surface area contributed by atoms with Crippen molar-refractivity contribution in [1.29, 1.82) is 0 Å². The summed E-state index contributed by atoms with van der Waals surface area (Å²) >= 11 is 0. The maximum atomic E-state index is 6.94. The number of furan rings is 2. The first-order valence-corrected chi connectivity index (χ1v) is 21.1. The van der Waals surface area contributed by atoms with Gasteiger partial charge in [0.15, 0.2) is 0 Å². The minimum atomic E-state index is 0.829. The van der Waals surface area contributed by atoms with Gasteiger partial charge in [0.2, 0.25) is 0 Å². The second-order valence-electron chi connectivity index (χ2n) is 16.0. The highest BCUT2D eigenvalue weighted by atomic mass is 16.3. The zero-order chi connectivity index (χ0) is 40.7. The minimum Gasteiger partial charge on any atom is -0.456 e. The van der Waals surface area contributed by atoms with Crippen LogP contribution in [0.2, 0.25) is 0 Å². The Morgan fingerprint density at radius 3 is 1.85 bits per heavy atom. The lowest BCUT2D eigenvalue weighted by molar-refractivity contribution is 0.668. The molecule has 0 amide bonds. The van der Waals surface area contributed by atoms with Crippen molar-refractivity contribution in [2.45, 2.75) is 0 Å². The highest BCUT2D eigenvalue weighted by Crippen LogP contribution is 2.49. The molecule has 0 spiro atoms. The zero-order valence-electron chi connectivity index (χ0n) is 33.5. The number of para-hydroxylation sites is 4. The van der Waals surface area contributed by atoms with Crippen molar-refractivity contribution in [2.75, 3.05) is 4.90 Å². The predicted molar refractivity (Wildman–Crippen MR) is 258 cm³/mol. The van der Waals surface area contributed by atoms with E-state index in [9.17, 15) is 0 Å². The van der Waals surface area contributed by atoms with Gasteiger partial charge in [-0.2, -0.15) is 0 Å². The Morgan fingerprint density at radius 2 is 1.00 bits per heavy atom. The quantitative estimate of drug-likeness (QED) is 0.168. The molecular formula is C58H36N2O2. The van der Waals surface area contributed by atoms with E-state index in [1.165, 1.54) is 27.1 Å². The van der Waals surface area contributed by atoms with Gasteiger partial charge >= 0.3 is 0 Å². The predicted octanol–water partition coefficient (Wildman–Crippen LogP) is 16.5. The van der Waals surface area contributed by atoms with Gasteiger partial charge in [-0.15, -0.1) is 0 Å². The highest BCUT2D eigenvalue weighted by molar-refractivity contribution is 6.21. The first-order chi connectivity index (χ1) is 30.7. The van der Waals surface area contributed by atoms with Crippen LogP contribution in [0.5, 0.6) is 0 Å². The molecule has 62 heavy (non-hydrogen) atoms. The van der Waals surface area contributed by atoms with E-state index in [4.69, 9.17) is 8.83 Å². The number of nitrogens with zero attached hydrogens (tertiary/aromatic N) is 2. The first-order valence-electron chi connectivity index (χ1n) is 21.1. The standard InChI is InChI=1S/C58H36N2O2/c1-2-15-42(16-3-1)59-49-20-9-6-18-47(49)56-50(59)21-12-22-51(56)60(43-30-27-38(28-31-43)40-26-25-37-13-4-5-14-39(37)35-40)52-34-33-44(58-57(52)48-19-8-11-24-54(48)62-58)41-29-32-46-45-17-7-10-23-53(45)61-55(46)36-41/h1-36H. The molecule has 0 saturated carbocycles. The van der Waals surface area contributed by atoms with E-state index in [1.807, 2.05) is 18.2 Å². The molecule has 0 aliphatic heterocycles. The van der Waals surface area contributed by atoms with Gasteiger partial charge in [-0.05, 0) is 112 Å². The summed E-state index contributed by atoms with van der Waals surface area (Å²) in [4.78, 5) is 2.44. The number of aromatic nitrogens is 1. The fourth-order valence-corrected chi connectivity index (χ4v) is 9.74. The molecule has 3 aromatic heterocycles. The molecule has 0 radical (unpaired) electrons. The third-order valence-corrected chi connectivity index (χ3v) is 12.6. The zero-order valence-corrected chi connectivity index (χ0v) is 33.5. The third-order valence-electron chi connectivity index (χ3n) is 12.6. The van der Waals surface area contributed by atoms with E-state index >= 15 is 0 Å². The molecule has 13 rings (SSSR count). The van der Waals surface area contributed by atoms with Crippen LogP contribution in [0.1, 0.15) is 0 Å². The van der Waals surface area contributed by atoms with E-state index in [-0.39, 0.29) is 0 Å². The normalized spacial score (nSPS) is 11.9. The van der Waals surface area contributed by atoms with E-state index in [1.54, 1.807) is 0 Å².